The highest BCUT2D eigenvalue weighted by Crippen LogP contribution is 2.39. The Morgan fingerprint density at radius 3 is 2.13 bits per heavy atom. The molecule has 1 unspecified atom stereocenters. The van der Waals surface area contributed by atoms with Crippen LogP contribution in [-0.4, -0.2) is 19.3 Å². The predicted octanol–water partition coefficient (Wildman–Crippen LogP) is 3.75. The van der Waals surface area contributed by atoms with Gasteiger partial charge in [-0.1, -0.05) is 0 Å². The minimum atomic E-state index is -4.87. The number of hydrogen-bond donors (Lipinski definition) is 1. The van der Waals surface area contributed by atoms with E-state index in [0.717, 1.165) is 12.3 Å². The summed E-state index contributed by atoms with van der Waals surface area (Å²) in [6.07, 6.45) is 0.849. The second-order valence-electron chi connectivity index (χ2n) is 6.55. The fourth-order valence-electron chi connectivity index (χ4n) is 3.03. The quantitative estimate of drug-likeness (QED) is 0.360. The number of carbonyl (C=O) groups excluding carboxylic acids is 1. The van der Waals surface area contributed by atoms with Crippen LogP contribution in [0.25, 0.3) is 0 Å². The Labute approximate surface area is 173 Å². The van der Waals surface area contributed by atoms with Gasteiger partial charge in [0.15, 0.2) is 33.1 Å². The lowest BCUT2D eigenvalue weighted by Gasteiger charge is -2.22. The molecule has 1 amide bonds. The average Bonchev–Trinajstić information content (AvgIpc) is 2.70. The number of rotatable bonds is 5. The maximum Gasteiger partial charge on any atom is 0.267 e. The van der Waals surface area contributed by atoms with Gasteiger partial charge in [0.1, 0.15) is 16.8 Å². The number of halogens is 5. The van der Waals surface area contributed by atoms with Crippen LogP contribution in [0, 0.1) is 36.0 Å². The highest BCUT2D eigenvalue weighted by molar-refractivity contribution is 7.92. The van der Waals surface area contributed by atoms with Crippen LogP contribution in [0.1, 0.15) is 32.4 Å². The number of primary amides is 1. The number of benzene rings is 2. The Morgan fingerprint density at radius 1 is 0.935 bits per heavy atom. The Bertz CT molecular complexity index is 1310. The molecule has 0 saturated heterocycles. The van der Waals surface area contributed by atoms with E-state index in [1.807, 2.05) is 0 Å². The first-order chi connectivity index (χ1) is 14.4. The molecule has 0 radical (unpaired) electrons. The van der Waals surface area contributed by atoms with Gasteiger partial charge in [0.25, 0.3) is 5.91 Å². The van der Waals surface area contributed by atoms with E-state index in [1.165, 1.54) is 6.92 Å². The summed E-state index contributed by atoms with van der Waals surface area (Å²) in [7, 11) is -4.87. The van der Waals surface area contributed by atoms with Crippen LogP contribution >= 0.6 is 0 Å². The van der Waals surface area contributed by atoms with Crippen molar-refractivity contribution >= 4 is 15.7 Å². The van der Waals surface area contributed by atoms with E-state index in [0.29, 0.717) is 30.3 Å². The summed E-state index contributed by atoms with van der Waals surface area (Å²) >= 11 is 0. The van der Waals surface area contributed by atoms with Crippen LogP contribution in [0.4, 0.5) is 22.0 Å². The number of aryl methyl sites for hydroxylation is 1. The standard InChI is InChI=1S/C20H13F5N2O3S/c1-9-6-16(20(26)28)27-8-11(9)19(17-13(22)4-5-14(23)18(17)25)31(29,30)10-2-3-12(21)15(24)7-10/h2-8,19H,1H3,(H2,26,28). The van der Waals surface area contributed by atoms with Gasteiger partial charge in [0.05, 0.1) is 4.90 Å². The normalized spacial score (nSPS) is 12.6. The van der Waals surface area contributed by atoms with Crippen LogP contribution in [0.2, 0.25) is 0 Å². The molecule has 0 bridgehead atoms. The largest absolute Gasteiger partial charge is 0.364 e. The van der Waals surface area contributed by atoms with E-state index < -0.39 is 60.5 Å². The minimum Gasteiger partial charge on any atom is -0.364 e. The number of pyridine rings is 1. The molecule has 1 heterocycles. The molecular formula is C20H13F5N2O3S. The molecular weight excluding hydrogens is 443 g/mol. The van der Waals surface area contributed by atoms with Gasteiger partial charge in [-0.2, -0.15) is 0 Å². The Hall–Kier alpha value is -3.34. The maximum atomic E-state index is 14.6. The first-order valence-electron chi connectivity index (χ1n) is 8.53. The van der Waals surface area contributed by atoms with Crippen LogP contribution in [0.3, 0.4) is 0 Å². The summed E-state index contributed by atoms with van der Waals surface area (Å²) in [4.78, 5) is 14.2. The third-order valence-corrected chi connectivity index (χ3v) is 6.58. The highest BCUT2D eigenvalue weighted by atomic mass is 32.2. The Kier molecular flexibility index (Phi) is 5.81. The fourth-order valence-corrected chi connectivity index (χ4v) is 4.93. The van der Waals surface area contributed by atoms with Crippen molar-refractivity contribution in [1.29, 1.82) is 0 Å². The predicted molar refractivity (Wildman–Crippen MR) is 99.2 cm³/mol. The third kappa shape index (κ3) is 4.00. The molecule has 0 aliphatic carbocycles. The molecule has 5 nitrogen and oxygen atoms in total. The highest BCUT2D eigenvalue weighted by Gasteiger charge is 2.38. The van der Waals surface area contributed by atoms with Gasteiger partial charge in [-0.15, -0.1) is 0 Å². The molecule has 2 aromatic carbocycles. The molecule has 0 spiro atoms. The van der Waals surface area contributed by atoms with Crippen molar-refractivity contribution in [3.8, 4) is 0 Å². The van der Waals surface area contributed by atoms with E-state index >= 15 is 0 Å². The molecule has 162 valence electrons. The van der Waals surface area contributed by atoms with E-state index in [-0.39, 0.29) is 16.8 Å². The van der Waals surface area contributed by atoms with Gasteiger partial charge in [0, 0.05) is 11.8 Å². The van der Waals surface area contributed by atoms with Crippen LogP contribution in [0.15, 0.2) is 47.5 Å². The lowest BCUT2D eigenvalue weighted by atomic mass is 10.00. The summed E-state index contributed by atoms with van der Waals surface area (Å²) < 4.78 is 96.8. The number of carbonyl (C=O) groups is 1. The topological polar surface area (TPSA) is 90.1 Å². The smallest absolute Gasteiger partial charge is 0.267 e. The molecule has 0 aliphatic heterocycles. The molecule has 31 heavy (non-hydrogen) atoms. The van der Waals surface area contributed by atoms with Gasteiger partial charge in [-0.25, -0.2) is 30.4 Å². The van der Waals surface area contributed by atoms with E-state index in [4.69, 9.17) is 5.73 Å². The molecule has 2 N–H and O–H groups in total. The van der Waals surface area contributed by atoms with Gasteiger partial charge < -0.3 is 5.73 Å². The summed E-state index contributed by atoms with van der Waals surface area (Å²) in [5.74, 6) is -8.51. The number of amides is 1. The van der Waals surface area contributed by atoms with Gasteiger partial charge >= 0.3 is 0 Å². The second kappa shape index (κ2) is 8.06. The number of sulfone groups is 1. The Balaban J connectivity index is 2.37. The molecule has 1 atom stereocenters. The molecule has 0 aliphatic rings. The van der Waals surface area contributed by atoms with Crippen LogP contribution < -0.4 is 5.73 Å². The van der Waals surface area contributed by atoms with Crippen molar-refractivity contribution in [3.05, 3.63) is 94.1 Å². The van der Waals surface area contributed by atoms with E-state index in [2.05, 4.69) is 4.98 Å². The first kappa shape index (κ1) is 22.3. The average molecular weight is 456 g/mol. The molecule has 0 saturated carbocycles. The lowest BCUT2D eigenvalue weighted by Crippen LogP contribution is -2.21. The number of nitrogens with zero attached hydrogens (tertiary/aromatic N) is 1. The van der Waals surface area contributed by atoms with Gasteiger partial charge in [0.2, 0.25) is 0 Å². The van der Waals surface area contributed by atoms with E-state index in [1.54, 1.807) is 0 Å². The summed E-state index contributed by atoms with van der Waals surface area (Å²) in [5, 5.41) is -2.23. The fraction of sp³-hybridized carbons (Fsp3) is 0.100. The summed E-state index contributed by atoms with van der Waals surface area (Å²) in [6.45, 7) is 1.31. The van der Waals surface area contributed by atoms with Crippen molar-refractivity contribution < 1.29 is 35.2 Å². The van der Waals surface area contributed by atoms with E-state index in [9.17, 15) is 35.2 Å². The van der Waals surface area contributed by atoms with Crippen molar-refractivity contribution in [3.63, 3.8) is 0 Å². The number of hydrogen-bond acceptors (Lipinski definition) is 4. The molecule has 3 aromatic rings. The van der Waals surface area contributed by atoms with Crippen molar-refractivity contribution in [2.24, 2.45) is 5.73 Å². The van der Waals surface area contributed by atoms with Crippen LogP contribution in [-0.2, 0) is 9.84 Å². The molecule has 0 fully saturated rings. The number of aromatic nitrogens is 1. The van der Waals surface area contributed by atoms with Crippen molar-refractivity contribution in [2.45, 2.75) is 17.1 Å². The number of nitrogens with two attached hydrogens (primary N) is 1. The van der Waals surface area contributed by atoms with Gasteiger partial charge in [-0.3, -0.25) is 9.78 Å². The van der Waals surface area contributed by atoms with Crippen molar-refractivity contribution in [2.75, 3.05) is 0 Å². The van der Waals surface area contributed by atoms with Gasteiger partial charge in [-0.05, 0) is 54.4 Å². The minimum absolute atomic E-state index is 0.0306. The van der Waals surface area contributed by atoms with Crippen molar-refractivity contribution in [1.82, 2.24) is 4.98 Å². The lowest BCUT2D eigenvalue weighted by molar-refractivity contribution is 0.0995. The third-order valence-electron chi connectivity index (χ3n) is 4.56. The van der Waals surface area contributed by atoms with Crippen LogP contribution in [0.5, 0.6) is 0 Å². The Morgan fingerprint density at radius 2 is 1.55 bits per heavy atom. The zero-order valence-electron chi connectivity index (χ0n) is 15.7. The molecule has 3 rings (SSSR count). The molecule has 11 heteroatoms. The maximum absolute atomic E-state index is 14.6. The zero-order chi connectivity index (χ0) is 23.1. The second-order valence-corrected chi connectivity index (χ2v) is 8.58. The summed E-state index contributed by atoms with van der Waals surface area (Å²) in [6, 6.07) is 3.65. The zero-order valence-corrected chi connectivity index (χ0v) is 16.5. The SMILES string of the molecule is Cc1cc(C(N)=O)ncc1C(c1c(F)ccc(F)c1F)S(=O)(=O)c1ccc(F)c(F)c1. The summed E-state index contributed by atoms with van der Waals surface area (Å²) in [5.41, 5.74) is 3.40. The monoisotopic (exact) mass is 456 g/mol. The molecule has 1 aromatic heterocycles. The first-order valence-corrected chi connectivity index (χ1v) is 10.1.